The summed E-state index contributed by atoms with van der Waals surface area (Å²) in [7, 11) is 1.72. The Hall–Kier alpha value is -2.63. The van der Waals surface area contributed by atoms with Crippen molar-refractivity contribution in [2.45, 2.75) is 13.8 Å². The molecule has 0 fully saturated rings. The van der Waals surface area contributed by atoms with Crippen LogP contribution < -0.4 is 10.6 Å². The highest BCUT2D eigenvalue weighted by Crippen LogP contribution is 2.27. The fraction of sp³-hybridized carbons (Fsp3) is 0.214. The average molecular weight is 272 g/mol. The maximum absolute atomic E-state index is 11.1. The van der Waals surface area contributed by atoms with Crippen LogP contribution in [0.5, 0.6) is 0 Å². The van der Waals surface area contributed by atoms with E-state index in [9.17, 15) is 10.1 Å². The van der Waals surface area contributed by atoms with E-state index in [4.69, 9.17) is 0 Å². The molecule has 0 aliphatic heterocycles. The van der Waals surface area contributed by atoms with Crippen LogP contribution in [0.2, 0.25) is 0 Å². The Morgan fingerprint density at radius 3 is 2.35 bits per heavy atom. The lowest BCUT2D eigenvalue weighted by Crippen LogP contribution is -2.02. The number of hydrogen-bond acceptors (Lipinski definition) is 5. The van der Waals surface area contributed by atoms with Gasteiger partial charge in [0, 0.05) is 18.8 Å². The van der Waals surface area contributed by atoms with E-state index in [0.717, 1.165) is 16.8 Å². The summed E-state index contributed by atoms with van der Waals surface area (Å²) in [4.78, 5) is 14.8. The van der Waals surface area contributed by atoms with Crippen LogP contribution in [-0.4, -0.2) is 17.0 Å². The second-order valence-electron chi connectivity index (χ2n) is 4.57. The molecule has 0 unspecified atom stereocenters. The summed E-state index contributed by atoms with van der Waals surface area (Å²) in [6.07, 6.45) is 0. The Balaban J connectivity index is 2.42. The molecule has 1 heterocycles. The Labute approximate surface area is 117 Å². The lowest BCUT2D eigenvalue weighted by atomic mass is 10.1. The van der Waals surface area contributed by atoms with Gasteiger partial charge in [-0.05, 0) is 43.2 Å². The van der Waals surface area contributed by atoms with Crippen LogP contribution in [0.1, 0.15) is 11.1 Å². The van der Waals surface area contributed by atoms with Crippen molar-refractivity contribution in [1.82, 2.24) is 4.98 Å². The van der Waals surface area contributed by atoms with Gasteiger partial charge in [-0.1, -0.05) is 6.07 Å². The number of aryl methyl sites for hydroxylation is 2. The van der Waals surface area contributed by atoms with E-state index in [1.165, 1.54) is 6.07 Å². The number of benzene rings is 1. The maximum Gasteiger partial charge on any atom is 0.311 e. The zero-order valence-corrected chi connectivity index (χ0v) is 11.6. The van der Waals surface area contributed by atoms with E-state index < -0.39 is 4.92 Å². The fourth-order valence-corrected chi connectivity index (χ4v) is 2.01. The Morgan fingerprint density at radius 1 is 1.15 bits per heavy atom. The summed E-state index contributed by atoms with van der Waals surface area (Å²) in [5.41, 5.74) is 2.90. The maximum atomic E-state index is 11.1. The van der Waals surface area contributed by atoms with Gasteiger partial charge in [-0.25, -0.2) is 4.98 Å². The molecule has 0 aliphatic rings. The van der Waals surface area contributed by atoms with Gasteiger partial charge < -0.3 is 10.6 Å². The highest BCUT2D eigenvalue weighted by molar-refractivity contribution is 5.68. The quantitative estimate of drug-likeness (QED) is 0.658. The molecule has 6 heteroatoms. The molecule has 2 N–H and O–H groups in total. The molecule has 0 radical (unpaired) electrons. The molecule has 0 amide bonds. The van der Waals surface area contributed by atoms with Crippen LogP contribution in [0.15, 0.2) is 30.3 Å². The molecule has 0 bridgehead atoms. The predicted molar refractivity (Wildman–Crippen MR) is 79.6 cm³/mol. The topological polar surface area (TPSA) is 80.1 Å². The van der Waals surface area contributed by atoms with Crippen LogP contribution in [-0.2, 0) is 0 Å². The smallest absolute Gasteiger partial charge is 0.311 e. The minimum Gasteiger partial charge on any atom is -0.373 e. The molecular formula is C14H16N4O2. The van der Waals surface area contributed by atoms with Crippen LogP contribution in [0, 0.1) is 24.0 Å². The number of aromatic nitrogens is 1. The summed E-state index contributed by atoms with van der Waals surface area (Å²) in [6.45, 7) is 3.95. The third kappa shape index (κ3) is 3.03. The van der Waals surface area contributed by atoms with Crippen molar-refractivity contribution >= 4 is 23.0 Å². The first-order valence-corrected chi connectivity index (χ1v) is 6.18. The number of nitrogens with one attached hydrogen (secondary N) is 2. The van der Waals surface area contributed by atoms with E-state index in [0.29, 0.717) is 5.82 Å². The summed E-state index contributed by atoms with van der Waals surface area (Å²) < 4.78 is 0. The van der Waals surface area contributed by atoms with Gasteiger partial charge in [0.1, 0.15) is 5.82 Å². The first-order valence-electron chi connectivity index (χ1n) is 6.18. The molecule has 0 spiro atoms. The minimum absolute atomic E-state index is 0.0526. The van der Waals surface area contributed by atoms with Gasteiger partial charge in [-0.2, -0.15) is 0 Å². The molecule has 20 heavy (non-hydrogen) atoms. The SMILES string of the molecule is CNc1ccc([N+](=O)[O-])c(Nc2cc(C)cc(C)c2)n1. The molecule has 1 aromatic heterocycles. The van der Waals surface area contributed by atoms with E-state index in [1.807, 2.05) is 32.0 Å². The predicted octanol–water partition coefficient (Wildman–Crippen LogP) is 3.39. The molecule has 1 aromatic carbocycles. The summed E-state index contributed by atoms with van der Waals surface area (Å²) in [6, 6.07) is 8.89. The number of anilines is 3. The second kappa shape index (κ2) is 5.56. The summed E-state index contributed by atoms with van der Waals surface area (Å²) in [5, 5.41) is 16.9. The van der Waals surface area contributed by atoms with E-state index >= 15 is 0 Å². The first kappa shape index (κ1) is 13.8. The average Bonchev–Trinajstić information content (AvgIpc) is 2.37. The van der Waals surface area contributed by atoms with Gasteiger partial charge in [0.05, 0.1) is 4.92 Å². The first-order chi connectivity index (χ1) is 9.49. The summed E-state index contributed by atoms with van der Waals surface area (Å²) >= 11 is 0. The number of hydrogen-bond donors (Lipinski definition) is 2. The largest absolute Gasteiger partial charge is 0.373 e. The molecule has 0 saturated heterocycles. The molecule has 6 nitrogen and oxygen atoms in total. The van der Waals surface area contributed by atoms with Crippen molar-refractivity contribution in [3.63, 3.8) is 0 Å². The van der Waals surface area contributed by atoms with Gasteiger partial charge in [0.2, 0.25) is 5.82 Å². The molecule has 0 saturated carbocycles. The van der Waals surface area contributed by atoms with Crippen LogP contribution in [0.3, 0.4) is 0 Å². The van der Waals surface area contributed by atoms with Crippen molar-refractivity contribution < 1.29 is 4.92 Å². The third-order valence-corrected chi connectivity index (χ3v) is 2.81. The van der Waals surface area contributed by atoms with Crippen LogP contribution in [0.25, 0.3) is 0 Å². The molecular weight excluding hydrogens is 256 g/mol. The van der Waals surface area contributed by atoms with Crippen molar-refractivity contribution in [3.05, 3.63) is 51.6 Å². The minimum atomic E-state index is -0.447. The Kier molecular flexibility index (Phi) is 3.84. The highest BCUT2D eigenvalue weighted by Gasteiger charge is 2.16. The summed E-state index contributed by atoms with van der Waals surface area (Å²) in [5.74, 6) is 0.800. The lowest BCUT2D eigenvalue weighted by molar-refractivity contribution is -0.384. The van der Waals surface area contributed by atoms with Crippen molar-refractivity contribution in [2.75, 3.05) is 17.7 Å². The zero-order chi connectivity index (χ0) is 14.7. The highest BCUT2D eigenvalue weighted by atomic mass is 16.6. The Bertz CT molecular complexity index is 635. The van der Waals surface area contributed by atoms with Crippen molar-refractivity contribution in [2.24, 2.45) is 0 Å². The number of rotatable bonds is 4. The van der Waals surface area contributed by atoms with Gasteiger partial charge in [-0.3, -0.25) is 10.1 Å². The van der Waals surface area contributed by atoms with E-state index in [-0.39, 0.29) is 11.5 Å². The number of nitro groups is 1. The number of pyridine rings is 1. The monoisotopic (exact) mass is 272 g/mol. The van der Waals surface area contributed by atoms with Gasteiger partial charge >= 0.3 is 5.69 Å². The fourth-order valence-electron chi connectivity index (χ4n) is 2.01. The van der Waals surface area contributed by atoms with Crippen LogP contribution >= 0.6 is 0 Å². The zero-order valence-electron chi connectivity index (χ0n) is 11.6. The second-order valence-corrected chi connectivity index (χ2v) is 4.57. The van der Waals surface area contributed by atoms with Gasteiger partial charge in [0.15, 0.2) is 0 Å². The van der Waals surface area contributed by atoms with E-state index in [1.54, 1.807) is 13.1 Å². The standard InChI is InChI=1S/C14H16N4O2/c1-9-6-10(2)8-11(7-9)16-14-12(18(19)20)4-5-13(15-3)17-14/h4-8H,1-3H3,(H2,15,16,17). The third-order valence-electron chi connectivity index (χ3n) is 2.81. The van der Waals surface area contributed by atoms with E-state index in [2.05, 4.69) is 15.6 Å². The molecule has 2 rings (SSSR count). The van der Waals surface area contributed by atoms with Crippen molar-refractivity contribution in [3.8, 4) is 0 Å². The molecule has 104 valence electrons. The molecule has 0 atom stereocenters. The van der Waals surface area contributed by atoms with Crippen LogP contribution in [0.4, 0.5) is 23.0 Å². The molecule has 2 aromatic rings. The van der Waals surface area contributed by atoms with Gasteiger partial charge in [-0.15, -0.1) is 0 Å². The normalized spacial score (nSPS) is 10.2. The Morgan fingerprint density at radius 2 is 1.80 bits per heavy atom. The van der Waals surface area contributed by atoms with Crippen molar-refractivity contribution in [1.29, 1.82) is 0 Å². The molecule has 0 aliphatic carbocycles. The number of nitrogens with zero attached hydrogens (tertiary/aromatic N) is 2. The van der Waals surface area contributed by atoms with Gasteiger partial charge in [0.25, 0.3) is 0 Å². The lowest BCUT2D eigenvalue weighted by Gasteiger charge is -2.09.